The van der Waals surface area contributed by atoms with Gasteiger partial charge >= 0.3 is 5.97 Å². The Bertz CT molecular complexity index is 486. The highest BCUT2D eigenvalue weighted by molar-refractivity contribution is 5.93. The Balaban J connectivity index is 1.95. The smallest absolute Gasteiger partial charge is 0.335 e. The molecule has 1 aromatic rings. The van der Waals surface area contributed by atoms with Crippen molar-refractivity contribution in [3.8, 4) is 0 Å². The summed E-state index contributed by atoms with van der Waals surface area (Å²) in [6, 6.07) is 3.77. The molecule has 18 heavy (non-hydrogen) atoms. The molecule has 0 aliphatic heterocycles. The van der Waals surface area contributed by atoms with E-state index in [1.807, 2.05) is 0 Å². The lowest BCUT2D eigenvalue weighted by Crippen LogP contribution is -2.29. The standard InChI is InChI=1S/C12H13FN2O3/c13-9-5-7(12(17)18)1-4-10(9)15-11(16)6-14-8-2-3-8/h1,4-5,8,14H,2-3,6H2,(H,15,16)(H,17,18). The van der Waals surface area contributed by atoms with Crippen molar-refractivity contribution in [2.75, 3.05) is 11.9 Å². The molecule has 0 unspecified atom stereocenters. The minimum absolute atomic E-state index is 0.0115. The molecule has 0 atom stereocenters. The molecule has 1 amide bonds. The van der Waals surface area contributed by atoms with Gasteiger partial charge in [-0.05, 0) is 31.0 Å². The summed E-state index contributed by atoms with van der Waals surface area (Å²) in [6.45, 7) is 0.130. The first kappa shape index (κ1) is 12.5. The summed E-state index contributed by atoms with van der Waals surface area (Å²) in [4.78, 5) is 22.1. The first-order valence-electron chi connectivity index (χ1n) is 5.62. The number of carbonyl (C=O) groups is 2. The summed E-state index contributed by atoms with van der Waals surface area (Å²) in [5.74, 6) is -2.30. The molecule has 5 nitrogen and oxygen atoms in total. The number of rotatable bonds is 5. The van der Waals surface area contributed by atoms with Gasteiger partial charge in [-0.25, -0.2) is 9.18 Å². The maximum Gasteiger partial charge on any atom is 0.335 e. The highest BCUT2D eigenvalue weighted by Crippen LogP contribution is 2.18. The lowest BCUT2D eigenvalue weighted by Gasteiger charge is -2.07. The Morgan fingerprint density at radius 1 is 1.39 bits per heavy atom. The molecule has 0 bridgehead atoms. The second-order valence-corrected chi connectivity index (χ2v) is 4.20. The maximum atomic E-state index is 13.5. The van der Waals surface area contributed by atoms with E-state index in [0.717, 1.165) is 18.9 Å². The van der Waals surface area contributed by atoms with Gasteiger partial charge in [0.15, 0.2) is 0 Å². The predicted molar refractivity (Wildman–Crippen MR) is 63.0 cm³/mol. The third-order valence-electron chi connectivity index (χ3n) is 2.62. The minimum atomic E-state index is -1.21. The van der Waals surface area contributed by atoms with Crippen LogP contribution in [0.1, 0.15) is 23.2 Å². The number of hydrogen-bond donors (Lipinski definition) is 3. The van der Waals surface area contributed by atoms with Gasteiger partial charge in [-0.2, -0.15) is 0 Å². The number of carbonyl (C=O) groups excluding carboxylic acids is 1. The molecule has 1 fully saturated rings. The van der Waals surface area contributed by atoms with Crippen molar-refractivity contribution in [3.05, 3.63) is 29.6 Å². The first-order valence-corrected chi connectivity index (χ1v) is 5.62. The fourth-order valence-electron chi connectivity index (χ4n) is 1.47. The van der Waals surface area contributed by atoms with Crippen molar-refractivity contribution in [2.45, 2.75) is 18.9 Å². The SMILES string of the molecule is O=C(CNC1CC1)Nc1ccc(C(=O)O)cc1F. The summed E-state index contributed by atoms with van der Waals surface area (Å²) in [5.41, 5.74) is -0.163. The number of nitrogens with one attached hydrogen (secondary N) is 2. The summed E-state index contributed by atoms with van der Waals surface area (Å²) in [7, 11) is 0. The van der Waals surface area contributed by atoms with Crippen LogP contribution in [0.25, 0.3) is 0 Å². The molecule has 0 heterocycles. The fourth-order valence-corrected chi connectivity index (χ4v) is 1.47. The van der Waals surface area contributed by atoms with Crippen molar-refractivity contribution in [2.24, 2.45) is 0 Å². The quantitative estimate of drug-likeness (QED) is 0.736. The molecule has 3 N–H and O–H groups in total. The van der Waals surface area contributed by atoms with Gasteiger partial charge in [0, 0.05) is 6.04 Å². The Morgan fingerprint density at radius 2 is 2.11 bits per heavy atom. The summed E-state index contributed by atoms with van der Waals surface area (Å²) in [6.07, 6.45) is 2.13. The average molecular weight is 252 g/mol. The number of hydrogen-bond acceptors (Lipinski definition) is 3. The van der Waals surface area contributed by atoms with Crippen molar-refractivity contribution in [1.82, 2.24) is 5.32 Å². The van der Waals surface area contributed by atoms with Gasteiger partial charge in [0.05, 0.1) is 17.8 Å². The maximum absolute atomic E-state index is 13.5. The zero-order chi connectivity index (χ0) is 13.1. The molecule has 6 heteroatoms. The van der Waals surface area contributed by atoms with Gasteiger partial charge in [0.1, 0.15) is 5.82 Å². The largest absolute Gasteiger partial charge is 0.478 e. The summed E-state index contributed by atoms with van der Waals surface area (Å²) in [5, 5.41) is 14.1. The molecule has 2 rings (SSSR count). The molecule has 1 saturated carbocycles. The zero-order valence-electron chi connectivity index (χ0n) is 9.57. The summed E-state index contributed by atoms with van der Waals surface area (Å²) < 4.78 is 13.5. The van der Waals surface area contributed by atoms with Gasteiger partial charge in [-0.3, -0.25) is 4.79 Å². The molecule has 1 aromatic carbocycles. The highest BCUT2D eigenvalue weighted by Gasteiger charge is 2.21. The van der Waals surface area contributed by atoms with Gasteiger partial charge in [-0.1, -0.05) is 0 Å². The first-order chi connectivity index (χ1) is 8.56. The van der Waals surface area contributed by atoms with E-state index in [0.29, 0.717) is 6.04 Å². The Hall–Kier alpha value is -1.95. The number of benzene rings is 1. The third-order valence-corrected chi connectivity index (χ3v) is 2.62. The van der Waals surface area contributed by atoms with Gasteiger partial charge < -0.3 is 15.7 Å². The molecule has 0 aromatic heterocycles. The van der Waals surface area contributed by atoms with Gasteiger partial charge in [0.25, 0.3) is 0 Å². The zero-order valence-corrected chi connectivity index (χ0v) is 9.57. The molecule has 96 valence electrons. The minimum Gasteiger partial charge on any atom is -0.478 e. The molecule has 0 radical (unpaired) electrons. The lowest BCUT2D eigenvalue weighted by molar-refractivity contribution is -0.115. The monoisotopic (exact) mass is 252 g/mol. The Kier molecular flexibility index (Phi) is 3.57. The number of carboxylic acid groups (broad SMARTS) is 1. The van der Waals surface area contributed by atoms with E-state index >= 15 is 0 Å². The molecule has 1 aliphatic rings. The molecule has 0 saturated heterocycles. The second kappa shape index (κ2) is 5.14. The number of amides is 1. The van der Waals surface area contributed by atoms with Crippen LogP contribution in [0, 0.1) is 5.82 Å². The fraction of sp³-hybridized carbons (Fsp3) is 0.333. The van der Waals surface area contributed by atoms with Crippen LogP contribution in [-0.4, -0.2) is 29.6 Å². The lowest BCUT2D eigenvalue weighted by atomic mass is 10.2. The van der Waals surface area contributed by atoms with Crippen LogP contribution >= 0.6 is 0 Å². The van der Waals surface area contributed by atoms with Crippen molar-refractivity contribution >= 4 is 17.6 Å². The van der Waals surface area contributed by atoms with Crippen LogP contribution in [-0.2, 0) is 4.79 Å². The van der Waals surface area contributed by atoms with E-state index in [4.69, 9.17) is 5.11 Å². The van der Waals surface area contributed by atoms with Crippen LogP contribution in [0.15, 0.2) is 18.2 Å². The van der Waals surface area contributed by atoms with Crippen molar-refractivity contribution < 1.29 is 19.1 Å². The van der Waals surface area contributed by atoms with Crippen molar-refractivity contribution in [1.29, 1.82) is 0 Å². The Labute approximate surface area is 103 Å². The number of halogens is 1. The van der Waals surface area contributed by atoms with E-state index in [2.05, 4.69) is 10.6 Å². The van der Waals surface area contributed by atoms with Crippen LogP contribution in [0.4, 0.5) is 10.1 Å². The third kappa shape index (κ3) is 3.27. The Morgan fingerprint density at radius 3 is 2.67 bits per heavy atom. The number of anilines is 1. The van der Waals surface area contributed by atoms with Crippen LogP contribution in [0.5, 0.6) is 0 Å². The molecular formula is C12H13FN2O3. The van der Waals surface area contributed by atoms with Crippen LogP contribution < -0.4 is 10.6 Å². The molecule has 1 aliphatic carbocycles. The van der Waals surface area contributed by atoms with E-state index < -0.39 is 11.8 Å². The molecule has 0 spiro atoms. The highest BCUT2D eigenvalue weighted by atomic mass is 19.1. The van der Waals surface area contributed by atoms with E-state index in [-0.39, 0.29) is 23.7 Å². The second-order valence-electron chi connectivity index (χ2n) is 4.20. The van der Waals surface area contributed by atoms with Gasteiger partial charge in [-0.15, -0.1) is 0 Å². The summed E-state index contributed by atoms with van der Waals surface area (Å²) >= 11 is 0. The van der Waals surface area contributed by atoms with Crippen molar-refractivity contribution in [3.63, 3.8) is 0 Å². The average Bonchev–Trinajstić information content (AvgIpc) is 3.13. The van der Waals surface area contributed by atoms with Gasteiger partial charge in [0.2, 0.25) is 5.91 Å². The number of carboxylic acids is 1. The topological polar surface area (TPSA) is 78.4 Å². The van der Waals surface area contributed by atoms with Crippen LogP contribution in [0.2, 0.25) is 0 Å². The van der Waals surface area contributed by atoms with E-state index in [9.17, 15) is 14.0 Å². The molecular weight excluding hydrogens is 239 g/mol. The number of aromatic carboxylic acids is 1. The normalized spacial score (nSPS) is 14.3. The predicted octanol–water partition coefficient (Wildman–Crippen LogP) is 1.21. The van der Waals surface area contributed by atoms with E-state index in [1.165, 1.54) is 12.1 Å². The van der Waals surface area contributed by atoms with E-state index in [1.54, 1.807) is 0 Å². The van der Waals surface area contributed by atoms with Crippen LogP contribution in [0.3, 0.4) is 0 Å².